The molecule has 0 fully saturated rings. The molecule has 2 nitrogen and oxygen atoms in total. The fourth-order valence-electron chi connectivity index (χ4n) is 1.17. The lowest BCUT2D eigenvalue weighted by molar-refractivity contribution is -0.322. The van der Waals surface area contributed by atoms with Gasteiger partial charge in [0.2, 0.25) is 0 Å². The normalized spacial score (nSPS) is 12.7. The van der Waals surface area contributed by atoms with Crippen molar-refractivity contribution in [1.82, 2.24) is 0 Å². The fraction of sp³-hybridized carbons (Fsp3) is 0.400. The van der Waals surface area contributed by atoms with E-state index in [0.717, 1.165) is 30.0 Å². The van der Waals surface area contributed by atoms with Crippen molar-refractivity contribution in [2.45, 2.75) is 17.4 Å². The van der Waals surface area contributed by atoms with Gasteiger partial charge in [-0.1, -0.05) is 0 Å². The summed E-state index contributed by atoms with van der Waals surface area (Å²) in [5, 5.41) is 0. The summed E-state index contributed by atoms with van der Waals surface area (Å²) >= 11 is 0.890. The van der Waals surface area contributed by atoms with Crippen molar-refractivity contribution in [2.75, 3.05) is 18.1 Å². The first-order chi connectivity index (χ1) is 8.59. The number of rotatable bonds is 4. The van der Waals surface area contributed by atoms with Crippen LogP contribution in [-0.4, -0.2) is 18.7 Å². The summed E-state index contributed by atoms with van der Waals surface area (Å²) in [6, 6.07) is 2.69. The van der Waals surface area contributed by atoms with Gasteiger partial charge in [0.15, 0.2) is 0 Å². The summed E-state index contributed by atoms with van der Waals surface area (Å²) in [4.78, 5) is 0.277. The molecule has 9 heteroatoms. The van der Waals surface area contributed by atoms with Crippen LogP contribution in [0.2, 0.25) is 0 Å². The molecule has 0 bridgehead atoms. The third-order valence-corrected chi connectivity index (χ3v) is 3.00. The summed E-state index contributed by atoms with van der Waals surface area (Å²) in [5.41, 5.74) is 4.37. The number of benzene rings is 1. The molecule has 0 aliphatic rings. The van der Waals surface area contributed by atoms with E-state index in [1.807, 2.05) is 0 Å². The average molecular weight is 305 g/mol. The fourth-order valence-corrected chi connectivity index (χ4v) is 1.94. The van der Waals surface area contributed by atoms with Crippen LogP contribution in [0.15, 0.2) is 23.1 Å². The maximum Gasteiger partial charge on any atom is 0.522 e. The lowest BCUT2D eigenvalue weighted by Gasteiger charge is -2.11. The molecule has 0 aliphatic carbocycles. The molecule has 0 atom stereocenters. The third kappa shape index (κ3) is 5.60. The Bertz CT molecular complexity index is 431. The molecule has 0 unspecified atom stereocenters. The zero-order valence-electron chi connectivity index (χ0n) is 9.31. The molecule has 0 radical (unpaired) electrons. The molecule has 1 aromatic carbocycles. The van der Waals surface area contributed by atoms with Crippen LogP contribution in [0.5, 0.6) is 0 Å². The summed E-state index contributed by atoms with van der Waals surface area (Å²) in [5.74, 6) is -0.0743. The van der Waals surface area contributed by atoms with Crippen molar-refractivity contribution in [2.24, 2.45) is 0 Å². The van der Waals surface area contributed by atoms with E-state index in [1.54, 1.807) is 0 Å². The van der Waals surface area contributed by atoms with Gasteiger partial charge in [0.05, 0.1) is 12.2 Å². The van der Waals surface area contributed by atoms with E-state index < -0.39 is 24.7 Å². The number of alkyl halides is 6. The summed E-state index contributed by atoms with van der Waals surface area (Å²) in [6.45, 7) is -0.603. The van der Waals surface area contributed by atoms with E-state index in [0.29, 0.717) is 0 Å². The molecule has 0 spiro atoms. The third-order valence-electron chi connectivity index (χ3n) is 1.94. The highest BCUT2D eigenvalue weighted by Gasteiger charge is 2.31. The Morgan fingerprint density at radius 3 is 2.21 bits per heavy atom. The predicted molar refractivity (Wildman–Crippen MR) is 58.6 cm³/mol. The van der Waals surface area contributed by atoms with Crippen LogP contribution in [0, 0.1) is 0 Å². The van der Waals surface area contributed by atoms with Gasteiger partial charge in [-0.25, -0.2) is 0 Å². The number of hydrogen-bond donors (Lipinski definition) is 1. The second kappa shape index (κ2) is 5.91. The largest absolute Gasteiger partial charge is 0.522 e. The first-order valence-electron chi connectivity index (χ1n) is 4.90. The number of nitrogens with two attached hydrogens (primary N) is 1. The van der Waals surface area contributed by atoms with Crippen molar-refractivity contribution in [3.8, 4) is 0 Å². The van der Waals surface area contributed by atoms with E-state index in [2.05, 4.69) is 4.74 Å². The Morgan fingerprint density at radius 1 is 1.11 bits per heavy atom. The number of thioether (sulfide) groups is 1. The number of nitrogen functional groups attached to an aromatic ring is 1. The zero-order valence-corrected chi connectivity index (χ0v) is 10.1. The van der Waals surface area contributed by atoms with Crippen LogP contribution in [-0.2, 0) is 10.9 Å². The van der Waals surface area contributed by atoms with Gasteiger partial charge in [0.25, 0.3) is 0 Å². The van der Waals surface area contributed by atoms with E-state index in [-0.39, 0.29) is 16.3 Å². The number of anilines is 1. The standard InChI is InChI=1S/C10H9F6NOS/c11-9(12,13)6-1-2-8(7(17)5-6)19-4-3-18-10(14,15)16/h1-2,5H,3-4,17H2. The average Bonchev–Trinajstić information content (AvgIpc) is 2.23. The molecular weight excluding hydrogens is 296 g/mol. The van der Waals surface area contributed by atoms with Crippen molar-refractivity contribution in [1.29, 1.82) is 0 Å². The maximum atomic E-state index is 12.3. The van der Waals surface area contributed by atoms with Crippen molar-refractivity contribution in [3.05, 3.63) is 23.8 Å². The minimum absolute atomic E-state index is 0.0743. The molecule has 0 saturated heterocycles. The lowest BCUT2D eigenvalue weighted by Crippen LogP contribution is -2.15. The monoisotopic (exact) mass is 305 g/mol. The minimum Gasteiger partial charge on any atom is -0.398 e. The van der Waals surface area contributed by atoms with E-state index in [9.17, 15) is 26.3 Å². The Hall–Kier alpha value is -1.09. The Labute approximate surface area is 108 Å². The van der Waals surface area contributed by atoms with E-state index in [4.69, 9.17) is 5.73 Å². The van der Waals surface area contributed by atoms with E-state index >= 15 is 0 Å². The highest BCUT2D eigenvalue weighted by molar-refractivity contribution is 7.99. The van der Waals surface area contributed by atoms with Gasteiger partial charge in [0, 0.05) is 16.3 Å². The SMILES string of the molecule is Nc1cc(C(F)(F)F)ccc1SCCOC(F)(F)F. The van der Waals surface area contributed by atoms with Crippen molar-refractivity contribution < 1.29 is 31.1 Å². The second-order valence-corrected chi connectivity index (χ2v) is 4.53. The molecular formula is C10H9F6NOS. The summed E-state index contributed by atoms with van der Waals surface area (Å²) in [6.07, 6.45) is -9.22. The van der Waals surface area contributed by atoms with Crippen LogP contribution in [0.25, 0.3) is 0 Å². The summed E-state index contributed by atoms with van der Waals surface area (Å²) < 4.78 is 75.5. The van der Waals surface area contributed by atoms with Crippen LogP contribution in [0.1, 0.15) is 5.56 Å². The van der Waals surface area contributed by atoms with Gasteiger partial charge in [-0.2, -0.15) is 13.2 Å². The molecule has 0 saturated carbocycles. The number of hydrogen-bond acceptors (Lipinski definition) is 3. The molecule has 1 aromatic rings. The molecule has 0 amide bonds. The summed E-state index contributed by atoms with van der Waals surface area (Å²) in [7, 11) is 0. The quantitative estimate of drug-likeness (QED) is 0.396. The molecule has 2 N–H and O–H groups in total. The van der Waals surface area contributed by atoms with Crippen LogP contribution < -0.4 is 5.73 Å². The smallest absolute Gasteiger partial charge is 0.398 e. The van der Waals surface area contributed by atoms with Gasteiger partial charge >= 0.3 is 12.5 Å². The van der Waals surface area contributed by atoms with E-state index in [1.165, 1.54) is 0 Å². The molecule has 1 rings (SSSR count). The Morgan fingerprint density at radius 2 is 1.74 bits per heavy atom. The number of halogens is 6. The molecule has 0 aliphatic heterocycles. The second-order valence-electron chi connectivity index (χ2n) is 3.39. The van der Waals surface area contributed by atoms with Gasteiger partial charge in [-0.3, -0.25) is 4.74 Å². The number of ether oxygens (including phenoxy) is 1. The molecule has 19 heavy (non-hydrogen) atoms. The Kier molecular flexibility index (Phi) is 4.97. The molecule has 108 valence electrons. The van der Waals surface area contributed by atoms with Crippen LogP contribution >= 0.6 is 11.8 Å². The minimum atomic E-state index is -4.72. The van der Waals surface area contributed by atoms with Gasteiger partial charge in [-0.05, 0) is 18.2 Å². The molecule has 0 heterocycles. The molecule has 0 aromatic heterocycles. The topological polar surface area (TPSA) is 35.2 Å². The predicted octanol–water partition coefficient (Wildman–Crippen LogP) is 3.92. The first-order valence-corrected chi connectivity index (χ1v) is 5.88. The maximum absolute atomic E-state index is 12.3. The first kappa shape index (κ1) is 16.0. The van der Waals surface area contributed by atoms with Crippen molar-refractivity contribution >= 4 is 17.4 Å². The van der Waals surface area contributed by atoms with Gasteiger partial charge < -0.3 is 5.73 Å². The van der Waals surface area contributed by atoms with Gasteiger partial charge in [-0.15, -0.1) is 24.9 Å². The highest BCUT2D eigenvalue weighted by atomic mass is 32.2. The van der Waals surface area contributed by atoms with Crippen molar-refractivity contribution in [3.63, 3.8) is 0 Å². The van der Waals surface area contributed by atoms with Crippen LogP contribution in [0.4, 0.5) is 32.0 Å². The highest BCUT2D eigenvalue weighted by Crippen LogP contribution is 2.34. The Balaban J connectivity index is 2.57. The van der Waals surface area contributed by atoms with Crippen LogP contribution in [0.3, 0.4) is 0 Å². The van der Waals surface area contributed by atoms with Gasteiger partial charge in [0.1, 0.15) is 0 Å². The lowest BCUT2D eigenvalue weighted by atomic mass is 10.2. The zero-order chi connectivity index (χ0) is 14.7.